The van der Waals surface area contributed by atoms with Crippen LogP contribution in [-0.4, -0.2) is 28.8 Å². The number of hydrogen-bond acceptors (Lipinski definition) is 6. The molecule has 14 heteroatoms. The van der Waals surface area contributed by atoms with E-state index >= 15 is 4.39 Å². The summed E-state index contributed by atoms with van der Waals surface area (Å²) >= 11 is 3.07. The zero-order valence-electron chi connectivity index (χ0n) is 19.9. The number of hydrogen-bond donors (Lipinski definition) is 1. The zero-order chi connectivity index (χ0) is 27.7. The van der Waals surface area contributed by atoms with Crippen LogP contribution in [0.15, 0.2) is 38.8 Å². The highest BCUT2D eigenvalue weighted by atomic mass is 79.9. The van der Waals surface area contributed by atoms with E-state index in [1.165, 1.54) is 6.92 Å². The first kappa shape index (κ1) is 27.6. The molecule has 0 fully saturated rings. The number of amides is 1. The van der Waals surface area contributed by atoms with E-state index < -0.39 is 68.6 Å². The summed E-state index contributed by atoms with van der Waals surface area (Å²) in [6.07, 6.45) is -0.117. The van der Waals surface area contributed by atoms with E-state index in [1.807, 2.05) is 0 Å². The third-order valence-corrected chi connectivity index (χ3v) is 5.48. The maximum Gasteiger partial charge on any atom is 0.412 e. The van der Waals surface area contributed by atoms with Gasteiger partial charge >= 0.3 is 12.1 Å². The molecule has 37 heavy (non-hydrogen) atoms. The van der Waals surface area contributed by atoms with Crippen LogP contribution in [0.1, 0.15) is 38.1 Å². The lowest BCUT2D eigenvalue weighted by atomic mass is 10.1. The average molecular weight is 582 g/mol. The molecule has 0 aliphatic heterocycles. The minimum Gasteiger partial charge on any atom is -0.462 e. The van der Waals surface area contributed by atoms with Crippen molar-refractivity contribution in [2.75, 3.05) is 11.9 Å². The van der Waals surface area contributed by atoms with Gasteiger partial charge in [0.05, 0.1) is 39.0 Å². The number of carbonyl (C=O) groups excluding carboxylic acids is 2. The summed E-state index contributed by atoms with van der Waals surface area (Å²) in [5.74, 6) is -4.50. The largest absolute Gasteiger partial charge is 0.462 e. The first-order chi connectivity index (χ1) is 17.3. The van der Waals surface area contributed by atoms with Crippen molar-refractivity contribution in [3.8, 4) is 5.69 Å². The molecule has 2 aromatic carbocycles. The van der Waals surface area contributed by atoms with E-state index in [0.717, 1.165) is 16.8 Å². The molecule has 1 aromatic heterocycles. The van der Waals surface area contributed by atoms with Crippen LogP contribution in [-0.2, 0) is 9.47 Å². The van der Waals surface area contributed by atoms with Gasteiger partial charge in [-0.3, -0.25) is 10.1 Å². The predicted octanol–water partition coefficient (Wildman–Crippen LogP) is 6.64. The molecule has 0 atom stereocenters. The molecule has 0 unspecified atom stereocenters. The van der Waals surface area contributed by atoms with E-state index in [-0.39, 0.29) is 16.6 Å². The number of aromatic nitrogens is 1. The Labute approximate surface area is 215 Å². The fourth-order valence-electron chi connectivity index (χ4n) is 3.32. The molecule has 1 heterocycles. The lowest BCUT2D eigenvalue weighted by Gasteiger charge is -2.21. The molecule has 3 aromatic rings. The number of carbonyl (C=O) groups is 2. The summed E-state index contributed by atoms with van der Waals surface area (Å²) in [5.41, 5.74) is 4.65. The second-order valence-electron chi connectivity index (χ2n) is 8.48. The van der Waals surface area contributed by atoms with Gasteiger partial charge in [0.15, 0.2) is 0 Å². The number of nitrogens with one attached hydrogen (secondary N) is 1. The summed E-state index contributed by atoms with van der Waals surface area (Å²) in [6, 6.07) is 2.06. The monoisotopic (exact) mass is 581 g/mol. The molecule has 194 valence electrons. The summed E-state index contributed by atoms with van der Waals surface area (Å²) in [4.78, 5) is 40.3. The highest BCUT2D eigenvalue weighted by Gasteiger charge is 2.25. The second-order valence-corrected chi connectivity index (χ2v) is 9.27. The van der Waals surface area contributed by atoms with Gasteiger partial charge < -0.3 is 14.0 Å². The molecule has 0 spiro atoms. The maximum atomic E-state index is 15.1. The lowest BCUT2D eigenvalue weighted by Crippen LogP contribution is -2.27. The van der Waals surface area contributed by atoms with Crippen LogP contribution in [0.25, 0.3) is 27.0 Å². The van der Waals surface area contributed by atoms with Gasteiger partial charge in [-0.2, -0.15) is 0 Å². The molecule has 0 aliphatic rings. The number of pyridine rings is 1. The molecular weight excluding hydrogens is 563 g/mol. The highest BCUT2D eigenvalue weighted by molar-refractivity contribution is 9.10. The quantitative estimate of drug-likeness (QED) is 0.156. The summed E-state index contributed by atoms with van der Waals surface area (Å²) < 4.78 is 55.1. The van der Waals surface area contributed by atoms with E-state index in [9.17, 15) is 23.2 Å². The fraction of sp³-hybridized carbons (Fsp3) is 0.261. The average Bonchev–Trinajstić information content (AvgIpc) is 2.78. The predicted molar refractivity (Wildman–Crippen MR) is 132 cm³/mol. The van der Waals surface area contributed by atoms with Crippen molar-refractivity contribution in [2.24, 2.45) is 5.11 Å². The molecule has 0 aliphatic carbocycles. The van der Waals surface area contributed by atoms with E-state index in [0.29, 0.717) is 12.1 Å². The van der Waals surface area contributed by atoms with Crippen LogP contribution >= 0.6 is 15.9 Å². The van der Waals surface area contributed by atoms with E-state index in [4.69, 9.17) is 15.0 Å². The van der Waals surface area contributed by atoms with Crippen molar-refractivity contribution in [1.29, 1.82) is 0 Å². The summed E-state index contributed by atoms with van der Waals surface area (Å²) in [5, 5.41) is 5.02. The number of ether oxygens (including phenoxy) is 2. The SMILES string of the molecule is CCOC(=O)c1cn(-c2cc(NC(=O)OC(C)(C)C)c(F)cc2F)c2c(Br)c(N=[N+]=[N-])c(F)cc2c1=O. The van der Waals surface area contributed by atoms with Crippen LogP contribution in [0.5, 0.6) is 0 Å². The maximum absolute atomic E-state index is 15.1. The molecule has 0 bridgehead atoms. The minimum atomic E-state index is -1.17. The van der Waals surface area contributed by atoms with Gasteiger partial charge in [0.25, 0.3) is 0 Å². The standard InChI is InChI=1S/C23H19BrF3N5O5/c1-5-36-21(34)11-9-32(19-10(20(11)33)6-14(27)18(17(19)24)30-31-28)16-8-15(12(25)7-13(16)26)29-22(35)37-23(2,3)4/h6-9H,5H2,1-4H3,(H,29,35). The van der Waals surface area contributed by atoms with E-state index in [2.05, 4.69) is 31.3 Å². The number of anilines is 1. The van der Waals surface area contributed by atoms with Crippen LogP contribution in [0.2, 0.25) is 0 Å². The Hall–Kier alpha value is -4.03. The fourth-order valence-corrected chi connectivity index (χ4v) is 3.99. The Bertz CT molecular complexity index is 1540. The van der Waals surface area contributed by atoms with Crippen LogP contribution in [0, 0.1) is 17.5 Å². The van der Waals surface area contributed by atoms with Crippen LogP contribution in [0.3, 0.4) is 0 Å². The lowest BCUT2D eigenvalue weighted by molar-refractivity contribution is 0.0523. The van der Waals surface area contributed by atoms with Crippen molar-refractivity contribution >= 4 is 50.3 Å². The smallest absolute Gasteiger partial charge is 0.412 e. The number of benzene rings is 2. The first-order valence-electron chi connectivity index (χ1n) is 10.6. The van der Waals surface area contributed by atoms with Gasteiger partial charge in [0.1, 0.15) is 28.6 Å². The van der Waals surface area contributed by atoms with Crippen molar-refractivity contribution in [3.05, 3.63) is 72.5 Å². The normalized spacial score (nSPS) is 11.1. The zero-order valence-corrected chi connectivity index (χ0v) is 21.4. The minimum absolute atomic E-state index is 0.0982. The van der Waals surface area contributed by atoms with Crippen molar-refractivity contribution < 1.29 is 32.2 Å². The van der Waals surface area contributed by atoms with Crippen LogP contribution in [0.4, 0.5) is 29.3 Å². The van der Waals surface area contributed by atoms with Gasteiger partial charge in [-0.25, -0.2) is 22.8 Å². The molecule has 3 rings (SSSR count). The molecule has 0 saturated carbocycles. The number of fused-ring (bicyclic) bond motifs is 1. The van der Waals surface area contributed by atoms with Gasteiger partial charge in [-0.15, -0.1) is 0 Å². The number of nitrogens with zero attached hydrogens (tertiary/aromatic N) is 4. The number of rotatable bonds is 5. The molecule has 1 amide bonds. The molecule has 0 saturated heterocycles. The summed E-state index contributed by atoms with van der Waals surface area (Å²) in [6.45, 7) is 6.15. The Balaban J connectivity index is 2.40. The highest BCUT2D eigenvalue weighted by Crippen LogP contribution is 2.37. The number of halogens is 4. The third-order valence-electron chi connectivity index (χ3n) is 4.73. The Morgan fingerprint density at radius 3 is 2.43 bits per heavy atom. The number of esters is 1. The Kier molecular flexibility index (Phi) is 7.84. The van der Waals surface area contributed by atoms with Crippen molar-refractivity contribution in [3.63, 3.8) is 0 Å². The van der Waals surface area contributed by atoms with Gasteiger partial charge in [-0.1, -0.05) is 5.11 Å². The van der Waals surface area contributed by atoms with Crippen LogP contribution < -0.4 is 10.7 Å². The van der Waals surface area contributed by atoms with Gasteiger partial charge in [0, 0.05) is 17.2 Å². The first-order valence-corrected chi connectivity index (χ1v) is 11.4. The number of azide groups is 1. The Morgan fingerprint density at radius 2 is 1.84 bits per heavy atom. The summed E-state index contributed by atoms with van der Waals surface area (Å²) in [7, 11) is 0. The third kappa shape index (κ3) is 5.70. The molecule has 0 radical (unpaired) electrons. The van der Waals surface area contributed by atoms with Gasteiger partial charge in [-0.05, 0) is 61.3 Å². The second kappa shape index (κ2) is 10.5. The Morgan fingerprint density at radius 1 is 1.16 bits per heavy atom. The van der Waals surface area contributed by atoms with E-state index in [1.54, 1.807) is 20.8 Å². The van der Waals surface area contributed by atoms with Crippen molar-refractivity contribution in [1.82, 2.24) is 4.57 Å². The molecule has 10 nitrogen and oxygen atoms in total. The molecule has 1 N–H and O–H groups in total. The van der Waals surface area contributed by atoms with Gasteiger partial charge in [0.2, 0.25) is 5.43 Å². The van der Waals surface area contributed by atoms with Crippen molar-refractivity contribution in [2.45, 2.75) is 33.3 Å². The topological polar surface area (TPSA) is 135 Å². The molecular formula is C23H19BrF3N5O5.